The number of hydrogen-bond acceptors (Lipinski definition) is 5. The molecule has 0 aliphatic carbocycles. The maximum absolute atomic E-state index is 12.5. The van der Waals surface area contributed by atoms with E-state index in [1.165, 1.54) is 18.3 Å². The molecule has 2 fully saturated rings. The Bertz CT molecular complexity index is 436. The van der Waals surface area contributed by atoms with Crippen molar-refractivity contribution in [3.63, 3.8) is 0 Å². The Kier molecular flexibility index (Phi) is 3.66. The maximum Gasteiger partial charge on any atom is 0.325 e. The Hall–Kier alpha value is -0.660. The van der Waals surface area contributed by atoms with E-state index in [0.717, 1.165) is 13.0 Å². The first kappa shape index (κ1) is 13.8. The summed E-state index contributed by atoms with van der Waals surface area (Å²) in [5.74, 6) is -0.337. The predicted octanol–water partition coefficient (Wildman–Crippen LogP) is -0.440. The number of carbonyl (C=O) groups excluding carboxylic acids is 1. The number of ether oxygens (including phenoxy) is 1. The van der Waals surface area contributed by atoms with Gasteiger partial charge in [-0.1, -0.05) is 0 Å². The summed E-state index contributed by atoms with van der Waals surface area (Å²) >= 11 is 0. The first-order chi connectivity index (χ1) is 8.39. The van der Waals surface area contributed by atoms with E-state index in [4.69, 9.17) is 0 Å². The molecule has 2 aliphatic rings. The number of methoxy groups -OCH3 is 1. The summed E-state index contributed by atoms with van der Waals surface area (Å²) < 4.78 is 31.0. The number of esters is 1. The fourth-order valence-corrected chi connectivity index (χ4v) is 4.95. The summed E-state index contributed by atoms with van der Waals surface area (Å²) in [4.78, 5) is 11.5. The molecule has 18 heavy (non-hydrogen) atoms. The second-order valence-electron chi connectivity index (χ2n) is 5.11. The zero-order valence-corrected chi connectivity index (χ0v) is 11.7. The number of rotatable bonds is 3. The van der Waals surface area contributed by atoms with Gasteiger partial charge in [-0.15, -0.1) is 0 Å². The van der Waals surface area contributed by atoms with Crippen LogP contribution in [0.15, 0.2) is 0 Å². The molecule has 7 heteroatoms. The Balaban J connectivity index is 2.26. The largest absolute Gasteiger partial charge is 0.468 e. The molecule has 1 N–H and O–H groups in total. The van der Waals surface area contributed by atoms with E-state index in [0.29, 0.717) is 12.5 Å². The van der Waals surface area contributed by atoms with Crippen molar-refractivity contribution in [2.24, 2.45) is 5.92 Å². The molecule has 0 amide bonds. The SMILES string of the molecule is COC(=O)C(C)S(=O)(=O)N1C(C)CC2CNCC21. The average Bonchev–Trinajstić information content (AvgIpc) is 2.85. The minimum absolute atomic E-state index is 0.0166. The molecule has 104 valence electrons. The van der Waals surface area contributed by atoms with E-state index in [1.54, 1.807) is 0 Å². The van der Waals surface area contributed by atoms with E-state index in [-0.39, 0.29) is 12.1 Å². The van der Waals surface area contributed by atoms with Crippen LogP contribution in [0.2, 0.25) is 0 Å². The molecular weight excluding hydrogens is 256 g/mol. The van der Waals surface area contributed by atoms with Crippen molar-refractivity contribution in [3.8, 4) is 0 Å². The summed E-state index contributed by atoms with van der Waals surface area (Å²) in [5.41, 5.74) is 0. The van der Waals surface area contributed by atoms with Crippen molar-refractivity contribution in [3.05, 3.63) is 0 Å². The van der Waals surface area contributed by atoms with Gasteiger partial charge >= 0.3 is 5.97 Å². The van der Waals surface area contributed by atoms with Crippen LogP contribution in [0.1, 0.15) is 20.3 Å². The van der Waals surface area contributed by atoms with Crippen molar-refractivity contribution in [1.82, 2.24) is 9.62 Å². The Morgan fingerprint density at radius 1 is 1.44 bits per heavy atom. The van der Waals surface area contributed by atoms with Gasteiger partial charge in [0.15, 0.2) is 5.25 Å². The molecule has 0 bridgehead atoms. The van der Waals surface area contributed by atoms with Crippen molar-refractivity contribution in [2.75, 3.05) is 20.2 Å². The number of fused-ring (bicyclic) bond motifs is 1. The molecule has 0 aromatic carbocycles. The zero-order valence-electron chi connectivity index (χ0n) is 10.9. The molecule has 4 unspecified atom stereocenters. The van der Waals surface area contributed by atoms with Gasteiger partial charge < -0.3 is 10.1 Å². The van der Waals surface area contributed by atoms with Gasteiger partial charge in [-0.2, -0.15) is 4.31 Å². The molecule has 2 aliphatic heterocycles. The van der Waals surface area contributed by atoms with Gasteiger partial charge in [0, 0.05) is 18.6 Å². The third-order valence-corrected chi connectivity index (χ3v) is 6.29. The molecule has 2 heterocycles. The average molecular weight is 276 g/mol. The lowest BCUT2D eigenvalue weighted by atomic mass is 10.0. The lowest BCUT2D eigenvalue weighted by Crippen LogP contribution is -2.48. The Morgan fingerprint density at radius 2 is 2.11 bits per heavy atom. The van der Waals surface area contributed by atoms with E-state index in [9.17, 15) is 13.2 Å². The lowest BCUT2D eigenvalue weighted by Gasteiger charge is -2.28. The maximum atomic E-state index is 12.5. The predicted molar refractivity (Wildman–Crippen MR) is 66.5 cm³/mol. The Labute approximate surface area is 108 Å². The highest BCUT2D eigenvalue weighted by Crippen LogP contribution is 2.35. The molecule has 0 aromatic heterocycles. The molecule has 6 nitrogen and oxygen atoms in total. The van der Waals surface area contributed by atoms with Crippen molar-refractivity contribution < 1.29 is 17.9 Å². The third kappa shape index (κ3) is 2.04. The standard InChI is InChI=1S/C11H20N2O4S/c1-7-4-9-5-12-6-10(9)13(7)18(15,16)8(2)11(14)17-3/h7-10,12H,4-6H2,1-3H3. The topological polar surface area (TPSA) is 75.7 Å². The number of nitrogens with zero attached hydrogens (tertiary/aromatic N) is 1. The van der Waals surface area contributed by atoms with Crippen LogP contribution >= 0.6 is 0 Å². The Morgan fingerprint density at radius 3 is 2.72 bits per heavy atom. The van der Waals surface area contributed by atoms with Crippen LogP contribution in [-0.2, 0) is 19.6 Å². The van der Waals surface area contributed by atoms with Crippen molar-refractivity contribution in [2.45, 2.75) is 37.6 Å². The quantitative estimate of drug-likeness (QED) is 0.707. The lowest BCUT2D eigenvalue weighted by molar-refractivity contribution is -0.139. The summed E-state index contributed by atoms with van der Waals surface area (Å²) in [5, 5.41) is 2.07. The second kappa shape index (κ2) is 4.79. The van der Waals surface area contributed by atoms with Gasteiger partial charge in [-0.25, -0.2) is 8.42 Å². The number of hydrogen-bond donors (Lipinski definition) is 1. The van der Waals surface area contributed by atoms with Gasteiger partial charge in [0.1, 0.15) is 0 Å². The highest BCUT2D eigenvalue weighted by Gasteiger charge is 2.50. The molecule has 4 atom stereocenters. The molecule has 0 saturated carbocycles. The van der Waals surface area contributed by atoms with Crippen molar-refractivity contribution >= 4 is 16.0 Å². The highest BCUT2D eigenvalue weighted by atomic mass is 32.2. The fourth-order valence-electron chi connectivity index (χ4n) is 3.04. The number of nitrogens with one attached hydrogen (secondary N) is 1. The summed E-state index contributed by atoms with van der Waals surface area (Å²) in [6, 6.07) is -0.0590. The van der Waals surface area contributed by atoms with Crippen LogP contribution in [0.25, 0.3) is 0 Å². The summed E-state index contributed by atoms with van der Waals surface area (Å²) in [6.45, 7) is 4.82. The second-order valence-corrected chi connectivity index (χ2v) is 7.27. The van der Waals surface area contributed by atoms with Gasteiger partial charge in [0.05, 0.1) is 7.11 Å². The highest BCUT2D eigenvalue weighted by molar-refractivity contribution is 7.90. The summed E-state index contributed by atoms with van der Waals surface area (Å²) in [6.07, 6.45) is 0.852. The van der Waals surface area contributed by atoms with Gasteiger partial charge in [0.2, 0.25) is 10.0 Å². The monoisotopic (exact) mass is 276 g/mol. The fraction of sp³-hybridized carbons (Fsp3) is 0.909. The van der Waals surface area contributed by atoms with E-state index >= 15 is 0 Å². The molecule has 0 spiro atoms. The van der Waals surface area contributed by atoms with Crippen LogP contribution in [-0.4, -0.2) is 56.2 Å². The molecular formula is C11H20N2O4S. The number of carbonyl (C=O) groups is 1. The van der Waals surface area contributed by atoms with Crippen LogP contribution in [0.5, 0.6) is 0 Å². The first-order valence-corrected chi connectivity index (χ1v) is 7.70. The van der Waals surface area contributed by atoms with Crippen LogP contribution in [0, 0.1) is 5.92 Å². The smallest absolute Gasteiger partial charge is 0.325 e. The van der Waals surface area contributed by atoms with Crippen LogP contribution in [0.4, 0.5) is 0 Å². The van der Waals surface area contributed by atoms with E-state index < -0.39 is 21.2 Å². The van der Waals surface area contributed by atoms with E-state index in [1.807, 2.05) is 6.92 Å². The molecule has 0 aromatic rings. The minimum Gasteiger partial charge on any atom is -0.468 e. The van der Waals surface area contributed by atoms with Gasteiger partial charge in [0.25, 0.3) is 0 Å². The van der Waals surface area contributed by atoms with Gasteiger partial charge in [-0.3, -0.25) is 4.79 Å². The van der Waals surface area contributed by atoms with Crippen LogP contribution in [0.3, 0.4) is 0 Å². The normalized spacial score (nSPS) is 34.3. The van der Waals surface area contributed by atoms with E-state index in [2.05, 4.69) is 10.1 Å². The molecule has 2 saturated heterocycles. The first-order valence-electron chi connectivity index (χ1n) is 6.20. The zero-order chi connectivity index (χ0) is 13.5. The third-order valence-electron chi connectivity index (χ3n) is 3.98. The number of sulfonamides is 1. The molecule has 2 rings (SSSR count). The van der Waals surface area contributed by atoms with Gasteiger partial charge in [-0.05, 0) is 32.7 Å². The van der Waals surface area contributed by atoms with Crippen LogP contribution < -0.4 is 5.32 Å². The molecule has 0 radical (unpaired) electrons. The van der Waals surface area contributed by atoms with Crippen molar-refractivity contribution in [1.29, 1.82) is 0 Å². The summed E-state index contributed by atoms with van der Waals surface area (Å²) in [7, 11) is -2.42. The minimum atomic E-state index is -3.63.